The lowest BCUT2D eigenvalue weighted by molar-refractivity contribution is -0.116. The first kappa shape index (κ1) is 23.9. The summed E-state index contributed by atoms with van der Waals surface area (Å²) in [5.41, 5.74) is 1.88. The third-order valence-corrected chi connectivity index (χ3v) is 6.67. The number of nitrogens with zero attached hydrogens (tertiary/aromatic N) is 2. The van der Waals surface area contributed by atoms with E-state index in [2.05, 4.69) is 4.98 Å². The van der Waals surface area contributed by atoms with E-state index >= 15 is 0 Å². The van der Waals surface area contributed by atoms with E-state index in [-0.39, 0.29) is 17.8 Å². The Morgan fingerprint density at radius 2 is 2.06 bits per heavy atom. The summed E-state index contributed by atoms with van der Waals surface area (Å²) in [6.45, 7) is 3.34. The van der Waals surface area contributed by atoms with Crippen molar-refractivity contribution in [3.05, 3.63) is 65.2 Å². The summed E-state index contributed by atoms with van der Waals surface area (Å²) in [7, 11) is 1.59. The van der Waals surface area contributed by atoms with E-state index in [1.807, 2.05) is 53.4 Å². The lowest BCUT2D eigenvalue weighted by Crippen LogP contribution is -2.47. The third-order valence-electron chi connectivity index (χ3n) is 5.58. The van der Waals surface area contributed by atoms with Crippen LogP contribution in [0.2, 0.25) is 0 Å². The van der Waals surface area contributed by atoms with E-state index in [0.29, 0.717) is 55.5 Å². The molecule has 34 heavy (non-hydrogen) atoms. The molecule has 2 aromatic heterocycles. The van der Waals surface area contributed by atoms with Crippen LogP contribution in [0.5, 0.6) is 11.5 Å². The lowest BCUT2D eigenvalue weighted by Gasteiger charge is -2.32. The fourth-order valence-electron chi connectivity index (χ4n) is 3.75. The Labute approximate surface area is 203 Å². The highest BCUT2D eigenvalue weighted by molar-refractivity contribution is 7.17. The number of carbonyl (C=O) groups excluding carboxylic acids is 2. The van der Waals surface area contributed by atoms with Crippen molar-refractivity contribution in [1.29, 1.82) is 0 Å². The van der Waals surface area contributed by atoms with Crippen LogP contribution in [0.4, 0.5) is 0 Å². The van der Waals surface area contributed by atoms with E-state index in [0.717, 1.165) is 16.1 Å². The van der Waals surface area contributed by atoms with Crippen molar-refractivity contribution in [2.45, 2.75) is 25.9 Å². The van der Waals surface area contributed by atoms with Crippen LogP contribution in [0.3, 0.4) is 0 Å². The van der Waals surface area contributed by atoms with Crippen LogP contribution in [0.15, 0.2) is 54.7 Å². The Morgan fingerprint density at radius 3 is 2.82 bits per heavy atom. The summed E-state index contributed by atoms with van der Waals surface area (Å²) in [6, 6.07) is 15.2. The molecule has 178 valence electrons. The van der Waals surface area contributed by atoms with Gasteiger partial charge in [0.1, 0.15) is 18.5 Å². The summed E-state index contributed by atoms with van der Waals surface area (Å²) in [6.07, 6.45) is 2.67. The third kappa shape index (κ3) is 6.01. The first-order valence-electron chi connectivity index (χ1n) is 11.2. The molecule has 0 bridgehead atoms. The number of Topliss-reactive ketones (excluding diaryl/α,β-unsaturated/α-hetero) is 1. The maximum Gasteiger partial charge on any atom is 0.264 e. The molecule has 1 aliphatic rings. The predicted molar refractivity (Wildman–Crippen MR) is 131 cm³/mol. The van der Waals surface area contributed by atoms with Crippen molar-refractivity contribution in [1.82, 2.24) is 9.88 Å². The first-order chi connectivity index (χ1) is 16.5. The number of carbonyl (C=O) groups is 2. The Morgan fingerprint density at radius 1 is 1.18 bits per heavy atom. The average molecular weight is 481 g/mol. The molecule has 1 atom stereocenters. The number of benzene rings is 1. The van der Waals surface area contributed by atoms with Crippen molar-refractivity contribution in [2.75, 3.05) is 33.4 Å². The minimum absolute atomic E-state index is 0.00659. The van der Waals surface area contributed by atoms with Crippen molar-refractivity contribution >= 4 is 23.0 Å². The smallest absolute Gasteiger partial charge is 0.264 e. The largest absolute Gasteiger partial charge is 0.493 e. The molecule has 0 saturated carbocycles. The Balaban J connectivity index is 1.35. The predicted octanol–water partition coefficient (Wildman–Crippen LogP) is 4.26. The summed E-state index contributed by atoms with van der Waals surface area (Å²) in [5.74, 6) is 1.38. The molecule has 1 fully saturated rings. The molecule has 0 aliphatic carbocycles. The normalized spacial score (nSPS) is 15.7. The first-order valence-corrected chi connectivity index (χ1v) is 12.1. The van der Waals surface area contributed by atoms with Gasteiger partial charge in [0.05, 0.1) is 35.7 Å². The minimum Gasteiger partial charge on any atom is -0.493 e. The second-order valence-electron chi connectivity index (χ2n) is 8.12. The zero-order valence-corrected chi connectivity index (χ0v) is 20.2. The van der Waals surface area contributed by atoms with Gasteiger partial charge in [-0.3, -0.25) is 9.78 Å². The van der Waals surface area contributed by atoms with Crippen LogP contribution in [-0.2, 0) is 16.0 Å². The summed E-state index contributed by atoms with van der Waals surface area (Å²) >= 11 is 1.45. The number of thiophene rings is 1. The van der Waals surface area contributed by atoms with Crippen molar-refractivity contribution in [2.24, 2.45) is 0 Å². The fraction of sp³-hybridized carbons (Fsp3) is 0.346. The highest BCUT2D eigenvalue weighted by Gasteiger charge is 2.27. The van der Waals surface area contributed by atoms with Gasteiger partial charge in [0, 0.05) is 19.2 Å². The lowest BCUT2D eigenvalue weighted by atomic mass is 10.1. The quantitative estimate of drug-likeness (QED) is 0.455. The number of hydrogen-bond donors (Lipinski definition) is 0. The van der Waals surface area contributed by atoms with E-state index in [1.165, 1.54) is 11.3 Å². The van der Waals surface area contributed by atoms with Crippen molar-refractivity contribution in [3.8, 4) is 22.1 Å². The Kier molecular flexibility index (Phi) is 7.92. The molecule has 8 heteroatoms. The summed E-state index contributed by atoms with van der Waals surface area (Å²) in [4.78, 5) is 32.2. The second-order valence-corrected chi connectivity index (χ2v) is 9.20. The fourth-order valence-corrected chi connectivity index (χ4v) is 4.70. The van der Waals surface area contributed by atoms with Crippen LogP contribution in [0, 0.1) is 0 Å². The SMILES string of the molecule is COc1cc(CCC(C)=O)ccc1OCC1CN(C(=O)c2ccc(-c3ccccn3)s2)CCO1. The molecule has 3 aromatic rings. The number of methoxy groups -OCH3 is 1. The van der Waals surface area contributed by atoms with Crippen LogP contribution in [-0.4, -0.2) is 61.1 Å². The molecule has 0 N–H and O–H groups in total. The van der Waals surface area contributed by atoms with E-state index in [4.69, 9.17) is 14.2 Å². The van der Waals surface area contributed by atoms with Crippen LogP contribution in [0.25, 0.3) is 10.6 Å². The number of ether oxygens (including phenoxy) is 3. The maximum absolute atomic E-state index is 13.1. The van der Waals surface area contributed by atoms with Crippen molar-refractivity contribution < 1.29 is 23.8 Å². The zero-order valence-electron chi connectivity index (χ0n) is 19.4. The molecule has 1 aromatic carbocycles. The molecule has 4 rings (SSSR count). The van der Waals surface area contributed by atoms with Gasteiger partial charge in [0.25, 0.3) is 5.91 Å². The molecule has 1 unspecified atom stereocenters. The molecule has 1 amide bonds. The van der Waals surface area contributed by atoms with Gasteiger partial charge in [-0.25, -0.2) is 0 Å². The van der Waals surface area contributed by atoms with Gasteiger partial charge in [-0.2, -0.15) is 0 Å². The Hall–Kier alpha value is -3.23. The average Bonchev–Trinajstić information content (AvgIpc) is 3.37. The molecule has 1 saturated heterocycles. The molecular weight excluding hydrogens is 452 g/mol. The number of ketones is 1. The number of morpholine rings is 1. The van der Waals surface area contributed by atoms with Crippen LogP contribution >= 0.6 is 11.3 Å². The van der Waals surface area contributed by atoms with Gasteiger partial charge < -0.3 is 23.9 Å². The number of hydrogen-bond acceptors (Lipinski definition) is 7. The standard InChI is InChI=1S/C26H28N2O5S/c1-18(29)6-7-19-8-9-22(23(15-19)31-2)33-17-20-16-28(13-14-32-20)26(30)25-11-10-24(34-25)21-5-3-4-12-27-21/h3-5,8-12,15,20H,6-7,13-14,16-17H2,1-2H3. The summed E-state index contributed by atoms with van der Waals surface area (Å²) in [5, 5.41) is 0. The maximum atomic E-state index is 13.1. The monoisotopic (exact) mass is 480 g/mol. The number of pyridine rings is 1. The molecule has 0 spiro atoms. The number of aryl methyl sites for hydroxylation is 1. The van der Waals surface area contributed by atoms with Gasteiger partial charge in [-0.05, 0) is 55.3 Å². The second kappa shape index (κ2) is 11.3. The number of amides is 1. The van der Waals surface area contributed by atoms with Crippen molar-refractivity contribution in [3.63, 3.8) is 0 Å². The van der Waals surface area contributed by atoms with Gasteiger partial charge in [-0.1, -0.05) is 12.1 Å². The number of rotatable bonds is 9. The zero-order chi connectivity index (χ0) is 23.9. The van der Waals surface area contributed by atoms with E-state index < -0.39 is 0 Å². The van der Waals surface area contributed by atoms with Crippen LogP contribution < -0.4 is 9.47 Å². The van der Waals surface area contributed by atoms with E-state index in [9.17, 15) is 9.59 Å². The summed E-state index contributed by atoms with van der Waals surface area (Å²) < 4.78 is 17.3. The van der Waals surface area contributed by atoms with Gasteiger partial charge in [0.2, 0.25) is 0 Å². The minimum atomic E-state index is -0.241. The molecule has 7 nitrogen and oxygen atoms in total. The molecule has 1 aliphatic heterocycles. The van der Waals surface area contributed by atoms with E-state index in [1.54, 1.807) is 20.2 Å². The number of aromatic nitrogens is 1. The van der Waals surface area contributed by atoms with Gasteiger partial charge >= 0.3 is 0 Å². The van der Waals surface area contributed by atoms with Gasteiger partial charge in [-0.15, -0.1) is 11.3 Å². The molecule has 0 radical (unpaired) electrons. The van der Waals surface area contributed by atoms with Crippen LogP contribution in [0.1, 0.15) is 28.6 Å². The Bertz CT molecular complexity index is 1130. The molecule has 3 heterocycles. The highest BCUT2D eigenvalue weighted by atomic mass is 32.1. The van der Waals surface area contributed by atoms with Gasteiger partial charge in [0.15, 0.2) is 11.5 Å². The molecular formula is C26H28N2O5S. The highest BCUT2D eigenvalue weighted by Crippen LogP contribution is 2.30. The topological polar surface area (TPSA) is 78.0 Å².